The molecule has 1 rings (SSSR count). The summed E-state index contributed by atoms with van der Waals surface area (Å²) in [4.78, 5) is 0.0950. The number of rotatable bonds is 5. The monoisotopic (exact) mass is 250 g/mol. The summed E-state index contributed by atoms with van der Waals surface area (Å²) in [5.74, 6) is 0. The van der Waals surface area contributed by atoms with E-state index in [1.807, 2.05) is 0 Å². The lowest BCUT2D eigenvalue weighted by atomic mass is 10.3. The number of halogens is 2. The van der Waals surface area contributed by atoms with Crippen molar-refractivity contribution in [2.75, 3.05) is 18.9 Å². The molecule has 0 fully saturated rings. The predicted octanol–water partition coefficient (Wildman–Crippen LogP) is 1.27. The lowest BCUT2D eigenvalue weighted by molar-refractivity contribution is 0.163. The third kappa shape index (κ3) is 3.42. The molecule has 0 unspecified atom stereocenters. The summed E-state index contributed by atoms with van der Waals surface area (Å²) in [6, 6.07) is 5.57. The van der Waals surface area contributed by atoms with Gasteiger partial charge in [-0.2, -0.15) is 0 Å². The Morgan fingerprint density at radius 3 is 2.25 bits per heavy atom. The molecule has 0 aromatic heterocycles. The van der Waals surface area contributed by atoms with E-state index >= 15 is 0 Å². The fraction of sp³-hybridized carbons (Fsp3) is 0.333. The first-order valence-electron chi connectivity index (χ1n) is 4.51. The van der Waals surface area contributed by atoms with Gasteiger partial charge in [0.05, 0.1) is 11.4 Å². The molecule has 1 aromatic rings. The highest BCUT2D eigenvalue weighted by Gasteiger charge is 2.10. The summed E-state index contributed by atoms with van der Waals surface area (Å²) in [5, 5.41) is 2.48. The van der Waals surface area contributed by atoms with Crippen LogP contribution >= 0.6 is 0 Å². The van der Waals surface area contributed by atoms with E-state index in [2.05, 4.69) is 10.0 Å². The molecule has 90 valence electrons. The lowest BCUT2D eigenvalue weighted by Gasteiger charge is -2.06. The molecule has 0 saturated heterocycles. The number of nitrogens with one attached hydrogen (secondary N) is 2. The summed E-state index contributed by atoms with van der Waals surface area (Å²) in [6.45, 7) is -0.460. The fourth-order valence-corrected chi connectivity index (χ4v) is 1.79. The van der Waals surface area contributed by atoms with Crippen LogP contribution in [0.3, 0.4) is 0 Å². The lowest BCUT2D eigenvalue weighted by Crippen LogP contribution is -2.18. The van der Waals surface area contributed by atoms with Gasteiger partial charge >= 0.3 is 0 Å². The third-order valence-corrected chi connectivity index (χ3v) is 3.32. The molecule has 0 aliphatic rings. The van der Waals surface area contributed by atoms with Gasteiger partial charge in [0.2, 0.25) is 10.0 Å². The van der Waals surface area contributed by atoms with Gasteiger partial charge in [0.1, 0.15) is 0 Å². The molecule has 1 aromatic carbocycles. The molecule has 0 aliphatic carbocycles. The van der Waals surface area contributed by atoms with Crippen LogP contribution in [0.5, 0.6) is 0 Å². The van der Waals surface area contributed by atoms with Crippen molar-refractivity contribution >= 4 is 15.7 Å². The third-order valence-electron chi connectivity index (χ3n) is 1.89. The second kappa shape index (κ2) is 5.22. The molecule has 0 heterocycles. The van der Waals surface area contributed by atoms with Crippen LogP contribution in [-0.4, -0.2) is 28.4 Å². The topological polar surface area (TPSA) is 58.2 Å². The van der Waals surface area contributed by atoms with E-state index < -0.39 is 23.0 Å². The molecule has 7 heteroatoms. The maximum absolute atomic E-state index is 11.9. The highest BCUT2D eigenvalue weighted by molar-refractivity contribution is 7.89. The van der Waals surface area contributed by atoms with Crippen LogP contribution in [0.4, 0.5) is 14.5 Å². The Balaban J connectivity index is 2.76. The second-order valence-electron chi connectivity index (χ2n) is 3.00. The molecule has 0 bridgehead atoms. The van der Waals surface area contributed by atoms with Gasteiger partial charge < -0.3 is 5.32 Å². The van der Waals surface area contributed by atoms with Crippen LogP contribution in [0.15, 0.2) is 29.2 Å². The number of hydrogen-bond donors (Lipinski definition) is 2. The highest BCUT2D eigenvalue weighted by Crippen LogP contribution is 2.13. The Bertz CT molecular complexity index is 431. The van der Waals surface area contributed by atoms with Gasteiger partial charge in [-0.15, -0.1) is 0 Å². The smallest absolute Gasteiger partial charge is 0.255 e. The zero-order valence-corrected chi connectivity index (χ0v) is 9.39. The molecule has 0 radical (unpaired) electrons. The van der Waals surface area contributed by atoms with Crippen molar-refractivity contribution in [2.45, 2.75) is 11.3 Å². The van der Waals surface area contributed by atoms with Crippen LogP contribution in [0.1, 0.15) is 0 Å². The molecular weight excluding hydrogens is 238 g/mol. The van der Waals surface area contributed by atoms with Gasteiger partial charge in [0.15, 0.2) is 0 Å². The summed E-state index contributed by atoms with van der Waals surface area (Å²) in [7, 11) is -2.17. The molecule has 0 atom stereocenters. The van der Waals surface area contributed by atoms with E-state index in [1.54, 1.807) is 0 Å². The van der Waals surface area contributed by atoms with Gasteiger partial charge in [-0.25, -0.2) is 21.9 Å². The van der Waals surface area contributed by atoms with Gasteiger partial charge in [0, 0.05) is 5.69 Å². The van der Waals surface area contributed by atoms with E-state index in [0.29, 0.717) is 5.69 Å². The summed E-state index contributed by atoms with van der Waals surface area (Å²) in [6.07, 6.45) is -2.44. The molecule has 0 aliphatic heterocycles. The minimum atomic E-state index is -3.47. The molecule has 16 heavy (non-hydrogen) atoms. The molecular formula is C9H12F2N2O2S. The van der Waals surface area contributed by atoms with Crippen LogP contribution < -0.4 is 10.0 Å². The molecule has 0 amide bonds. The Hall–Kier alpha value is -1.21. The maximum atomic E-state index is 11.9. The largest absolute Gasteiger partial charge is 0.379 e. The molecule has 2 N–H and O–H groups in total. The fourth-order valence-electron chi connectivity index (χ4n) is 1.06. The number of sulfonamides is 1. The summed E-state index contributed by atoms with van der Waals surface area (Å²) < 4.78 is 48.6. The first kappa shape index (κ1) is 12.9. The van der Waals surface area contributed by atoms with E-state index in [1.165, 1.54) is 31.3 Å². The van der Waals surface area contributed by atoms with Gasteiger partial charge in [-0.05, 0) is 31.3 Å². The zero-order valence-electron chi connectivity index (χ0n) is 8.57. The maximum Gasteiger partial charge on any atom is 0.255 e. The first-order valence-corrected chi connectivity index (χ1v) is 5.99. The SMILES string of the molecule is CNS(=O)(=O)c1ccc(NCC(F)F)cc1. The molecule has 0 saturated carbocycles. The minimum absolute atomic E-state index is 0.0950. The van der Waals surface area contributed by atoms with Crippen molar-refractivity contribution in [1.29, 1.82) is 0 Å². The van der Waals surface area contributed by atoms with E-state index in [9.17, 15) is 17.2 Å². The van der Waals surface area contributed by atoms with E-state index in [0.717, 1.165) is 0 Å². The Morgan fingerprint density at radius 2 is 1.81 bits per heavy atom. The van der Waals surface area contributed by atoms with Crippen molar-refractivity contribution < 1.29 is 17.2 Å². The first-order chi connectivity index (χ1) is 7.45. The Morgan fingerprint density at radius 1 is 1.25 bits per heavy atom. The Kier molecular flexibility index (Phi) is 4.19. The number of anilines is 1. The molecule has 4 nitrogen and oxygen atoms in total. The van der Waals surface area contributed by atoms with E-state index in [4.69, 9.17) is 0 Å². The normalized spacial score (nSPS) is 11.8. The predicted molar refractivity (Wildman–Crippen MR) is 57.2 cm³/mol. The number of benzene rings is 1. The van der Waals surface area contributed by atoms with E-state index in [-0.39, 0.29) is 4.90 Å². The molecule has 0 spiro atoms. The van der Waals surface area contributed by atoms with Crippen LogP contribution in [0, 0.1) is 0 Å². The number of alkyl halides is 2. The van der Waals surface area contributed by atoms with Crippen LogP contribution in [-0.2, 0) is 10.0 Å². The van der Waals surface area contributed by atoms with Gasteiger partial charge in [0.25, 0.3) is 6.43 Å². The van der Waals surface area contributed by atoms with Crippen LogP contribution in [0.25, 0.3) is 0 Å². The van der Waals surface area contributed by atoms with Crippen molar-refractivity contribution in [2.24, 2.45) is 0 Å². The summed E-state index contributed by atoms with van der Waals surface area (Å²) in [5.41, 5.74) is 0.454. The summed E-state index contributed by atoms with van der Waals surface area (Å²) >= 11 is 0. The quantitative estimate of drug-likeness (QED) is 0.827. The highest BCUT2D eigenvalue weighted by atomic mass is 32.2. The Labute approximate surface area is 92.7 Å². The van der Waals surface area contributed by atoms with Crippen molar-refractivity contribution in [3.63, 3.8) is 0 Å². The van der Waals surface area contributed by atoms with Crippen molar-refractivity contribution in [1.82, 2.24) is 4.72 Å². The average Bonchev–Trinajstić information content (AvgIpc) is 2.27. The average molecular weight is 250 g/mol. The van der Waals surface area contributed by atoms with Gasteiger partial charge in [-0.1, -0.05) is 0 Å². The number of hydrogen-bond acceptors (Lipinski definition) is 3. The second-order valence-corrected chi connectivity index (χ2v) is 4.89. The van der Waals surface area contributed by atoms with Crippen molar-refractivity contribution in [3.8, 4) is 0 Å². The zero-order chi connectivity index (χ0) is 12.2. The minimum Gasteiger partial charge on any atom is -0.379 e. The van der Waals surface area contributed by atoms with Crippen molar-refractivity contribution in [3.05, 3.63) is 24.3 Å². The van der Waals surface area contributed by atoms with Crippen LogP contribution in [0.2, 0.25) is 0 Å². The standard InChI is InChI=1S/C9H12F2N2O2S/c1-12-16(14,15)8-4-2-7(3-5-8)13-6-9(10)11/h2-5,9,12-13H,6H2,1H3. The van der Waals surface area contributed by atoms with Gasteiger partial charge in [-0.3, -0.25) is 0 Å².